The first-order valence-corrected chi connectivity index (χ1v) is 43.5. The number of hydrogen-bond acceptors (Lipinski definition) is 22. The Morgan fingerprint density at radius 1 is 0.470 bits per heavy atom. The van der Waals surface area contributed by atoms with Crippen LogP contribution in [0, 0.1) is 30.3 Å². The minimum Gasteiger partial charge on any atom is 1.00 e. The molecule has 115 heavy (non-hydrogen) atoms. The molecule has 0 saturated carbocycles. The Labute approximate surface area is 714 Å². The Morgan fingerprint density at radius 3 is 1.02 bits per heavy atom. The summed E-state index contributed by atoms with van der Waals surface area (Å²) < 4.78 is 88.8. The van der Waals surface area contributed by atoms with Crippen molar-refractivity contribution in [2.45, 2.75) is 20.0 Å². The van der Waals surface area contributed by atoms with Crippen LogP contribution in [0.15, 0.2) is 213 Å². The number of nitrogens with zero attached hydrogens (tertiary/aromatic N) is 8. The van der Waals surface area contributed by atoms with Crippen LogP contribution in [0.2, 0.25) is 10.3 Å². The van der Waals surface area contributed by atoms with Gasteiger partial charge in [-0.3, -0.25) is 34.9 Å². The molecule has 2 radical (unpaired) electrons. The van der Waals surface area contributed by atoms with Gasteiger partial charge in [-0.1, -0.05) is 114 Å². The minimum absolute atomic E-state index is 0. The smallest absolute Gasteiger partial charge is 1.00 e. The summed E-state index contributed by atoms with van der Waals surface area (Å²) in [5, 5.41) is 51.3. The molecule has 0 fully saturated rings. The first-order chi connectivity index (χ1) is 55.1. The van der Waals surface area contributed by atoms with Crippen molar-refractivity contribution in [3.05, 3.63) is 304 Å². The molecule has 10 rings (SSSR count). The standard InChI is InChI=1S/C16H17FN2O.C15H13FN2O3.C15H15FN2O.C13H9ClN2O2.C11H16NO5P.C6H6ClNO.C2H5FO.CH3O.2ClH.Na.Sn/c1-18-15-7-4-13(5-8-15)2-3-14-6-9-16(19-12-14)20-11-10-17;16-9-10-21-15-8-5-13(11-17-15)2-1-12-3-6-14(7-4-12)18(19)20;16-9-10-19-15-8-5-13(11-18-15)2-1-12-3-6-14(17)7-4-12;14-13-8-5-11(9-15-13)2-1-10-3-6-12(7-4-10)16(17)18;1-3-16-18(15,17-4-2)9-10-5-7-11(8-6-10)12(13)14;1-9-5-2-3-6(7)8-4-5;3-1-2-4;1-2;;;;/h2-9,12,18H,10-11H2,1H3;1-8,11H,9-10H2;1-8,11H,9-10,17H2;1-9H;5-8H,3-4,9H2,1-2H3;2-4H,1H3;4H,1-2H2;1H3;2*1H;;/q;;;;;;;-1;;;+1;+2/p-2/b3-2+;3*2-1+;;;;;;;;. The summed E-state index contributed by atoms with van der Waals surface area (Å²) in [6.45, 7) is 1.59. The van der Waals surface area contributed by atoms with Crippen LogP contribution in [0.1, 0.15) is 63.9 Å². The Bertz CT molecular complexity index is 4440. The van der Waals surface area contributed by atoms with E-state index in [-0.39, 0.29) is 79.2 Å². The van der Waals surface area contributed by atoms with E-state index < -0.39 is 68.0 Å². The van der Waals surface area contributed by atoms with E-state index in [1.807, 2.05) is 122 Å². The summed E-state index contributed by atoms with van der Waals surface area (Å²) in [7, 11) is 10.9. The molecule has 36 heteroatoms. The van der Waals surface area contributed by atoms with Crippen molar-refractivity contribution in [1.29, 1.82) is 0 Å². The van der Waals surface area contributed by atoms with Crippen LogP contribution in [-0.2, 0) is 19.8 Å². The molecule has 0 amide bonds. The largest absolute Gasteiger partial charge is 1.00 e. The number of anilines is 2. The second kappa shape index (κ2) is 63.8. The topological polar surface area (TPSA) is 348 Å². The van der Waals surface area contributed by atoms with Gasteiger partial charge in [-0.25, -0.2) is 42.5 Å². The first kappa shape index (κ1) is 104. The third-order valence-corrected chi connectivity index (χ3v) is 15.9. The average Bonchev–Trinajstić information content (AvgIpc) is 0.684. The summed E-state index contributed by atoms with van der Waals surface area (Å²) >= 11 is 10.4. The molecular weight excluding hydrogens is 1720 g/mol. The molecule has 0 unspecified atom stereocenters. The second-order valence-electron chi connectivity index (χ2n) is 21.4. The van der Waals surface area contributed by atoms with Crippen molar-refractivity contribution in [2.24, 2.45) is 0 Å². The number of non-ortho nitro benzene ring substituents is 3. The number of nitrogen functional groups attached to an aromatic ring is 1. The van der Waals surface area contributed by atoms with Crippen LogP contribution in [0.3, 0.4) is 0 Å². The molecule has 5 aromatic heterocycles. The number of rotatable bonds is 29. The van der Waals surface area contributed by atoms with E-state index in [1.165, 1.54) is 36.4 Å². The van der Waals surface area contributed by atoms with Crippen LogP contribution in [0.5, 0.6) is 23.4 Å². The quantitative estimate of drug-likeness (QED) is 0.00745. The SMILES string of the molecule is CCOP(=O)(Cc1ccc([N+](=O)[O-])cc1)OCC.CNc1ccc(/C=C/c2ccc(OCCF)nc2)cc1.COc1ccc(Cl)nc1.C[O-].Nc1ccc(/C=C/c2ccc(OCCF)nc2)cc1.O=[N+]([O-])c1ccc(/C=C/c2ccc(Cl)nc2)cc1.O=[N+]([O-])c1ccc(/C=C/c2ccc(OCCF)nc2)cc1.OCCF.[Cl][Sn][Cl].[Na+]. The molecule has 0 atom stereocenters. The Kier molecular flexibility index (Phi) is 57.5. The Morgan fingerprint density at radius 2 is 0.757 bits per heavy atom. The van der Waals surface area contributed by atoms with Gasteiger partial charge in [-0.15, -0.1) is 0 Å². The number of nitro benzene ring substituents is 3. The minimum atomic E-state index is -3.15. The number of pyridine rings is 5. The van der Waals surface area contributed by atoms with Crippen LogP contribution < -0.4 is 64.7 Å². The molecule has 5 aromatic carbocycles. The van der Waals surface area contributed by atoms with Gasteiger partial charge in [0.15, 0.2) is 0 Å². The second-order valence-corrected chi connectivity index (χ2v) is 28.5. The number of ether oxygens (including phenoxy) is 4. The average molecular weight is 1800 g/mol. The fourth-order valence-electron chi connectivity index (χ4n) is 8.15. The molecule has 0 bridgehead atoms. The third kappa shape index (κ3) is 47.3. The number of methoxy groups -OCH3 is 1. The molecule has 10 aromatic rings. The molecule has 0 aliphatic carbocycles. The maximum absolute atomic E-state index is 12.2. The van der Waals surface area contributed by atoms with Gasteiger partial charge in [-0.2, -0.15) is 7.11 Å². The maximum Gasteiger partial charge on any atom is 1.00 e. The summed E-state index contributed by atoms with van der Waals surface area (Å²) in [6.07, 6.45) is 23.6. The molecule has 0 saturated heterocycles. The summed E-state index contributed by atoms with van der Waals surface area (Å²) in [4.78, 5) is 50.2. The summed E-state index contributed by atoms with van der Waals surface area (Å²) in [5.41, 5.74) is 15.9. The zero-order chi connectivity index (χ0) is 84.2. The van der Waals surface area contributed by atoms with Crippen LogP contribution in [0.4, 0.5) is 46.0 Å². The van der Waals surface area contributed by atoms with Gasteiger partial charge in [0.25, 0.3) is 17.1 Å². The summed E-state index contributed by atoms with van der Waals surface area (Å²) in [5.74, 6) is 1.97. The number of halogens is 8. The van der Waals surface area contributed by atoms with Crippen molar-refractivity contribution >= 4 is 145 Å². The number of aromatic nitrogens is 5. The maximum atomic E-state index is 12.2. The molecule has 0 spiro atoms. The van der Waals surface area contributed by atoms with Crippen molar-refractivity contribution in [2.75, 3.05) is 98.7 Å². The van der Waals surface area contributed by atoms with E-state index in [9.17, 15) is 52.5 Å². The molecule has 25 nitrogen and oxygen atoms in total. The van der Waals surface area contributed by atoms with Gasteiger partial charge >= 0.3 is 73.9 Å². The monoisotopic (exact) mass is 1800 g/mol. The number of aliphatic hydroxyl groups excluding tert-OH is 1. The van der Waals surface area contributed by atoms with Gasteiger partial charge in [0.1, 0.15) is 62.6 Å². The molecule has 0 aliphatic rings. The van der Waals surface area contributed by atoms with E-state index in [0.717, 1.165) is 68.7 Å². The fourth-order valence-corrected chi connectivity index (χ4v) is 10.1. The van der Waals surface area contributed by atoms with Gasteiger partial charge in [0.05, 0.1) is 54.1 Å². The van der Waals surface area contributed by atoms with Gasteiger partial charge in [0.2, 0.25) is 17.6 Å². The number of benzene rings is 5. The first-order valence-electron chi connectivity index (χ1n) is 33.8. The number of alkyl halides is 4. The fraction of sp³-hybridized carbons (Fsp3) is 0.203. The van der Waals surface area contributed by atoms with E-state index in [0.29, 0.717) is 46.7 Å². The van der Waals surface area contributed by atoms with Crippen molar-refractivity contribution < 1.29 is 105 Å². The third-order valence-electron chi connectivity index (χ3n) is 13.4. The molecule has 5 heterocycles. The Hall–Kier alpha value is -9.44. The van der Waals surface area contributed by atoms with Crippen molar-refractivity contribution in [3.63, 3.8) is 0 Å². The molecule has 4 N–H and O–H groups in total. The molecule has 606 valence electrons. The van der Waals surface area contributed by atoms with E-state index >= 15 is 0 Å². The number of hydrogen-bond donors (Lipinski definition) is 3. The van der Waals surface area contributed by atoms with Crippen LogP contribution in [-0.4, -0.2) is 151 Å². The van der Waals surface area contributed by atoms with Crippen LogP contribution in [0.25, 0.3) is 48.6 Å². The number of nitrogens with one attached hydrogen (secondary N) is 1. The molecule has 0 aliphatic heterocycles. The number of nitrogens with two attached hydrogens (primary N) is 1. The van der Waals surface area contributed by atoms with E-state index in [1.54, 1.807) is 131 Å². The predicted molar refractivity (Wildman–Crippen MR) is 445 cm³/mol. The zero-order valence-corrected chi connectivity index (χ0v) is 72.2. The van der Waals surface area contributed by atoms with Gasteiger partial charge in [0, 0.05) is 97.8 Å². The van der Waals surface area contributed by atoms with Gasteiger partial charge in [-0.05, 0) is 149 Å². The number of aliphatic hydroxyl groups is 1. The predicted octanol–water partition coefficient (Wildman–Crippen LogP) is 16.2. The zero-order valence-electron chi connectivity index (χ0n) is 63.4. The van der Waals surface area contributed by atoms with Crippen molar-refractivity contribution in [1.82, 2.24) is 24.9 Å². The molecular formula is C79H84Cl4F4N10NaO15PSn. The van der Waals surface area contributed by atoms with Crippen molar-refractivity contribution in [3.8, 4) is 23.4 Å². The van der Waals surface area contributed by atoms with E-state index in [4.69, 9.17) is 85.0 Å². The number of nitro groups is 3. The van der Waals surface area contributed by atoms with Gasteiger partial charge < -0.3 is 49.3 Å². The normalized spacial score (nSPS) is 10.3. The summed E-state index contributed by atoms with van der Waals surface area (Å²) in [6, 6.07) is 51.8. The van der Waals surface area contributed by atoms with E-state index in [2.05, 4.69) is 30.2 Å². The Balaban J connectivity index is 0.000000681. The van der Waals surface area contributed by atoms with Crippen LogP contribution >= 0.6 is 48.6 Å².